The second-order valence-electron chi connectivity index (χ2n) is 3.83. The molecule has 17 heavy (non-hydrogen) atoms. The fraction of sp³-hybridized carbons (Fsp3) is 0.545. The minimum atomic E-state index is -0.339. The summed E-state index contributed by atoms with van der Waals surface area (Å²) in [5.74, 6) is 1.13. The number of nitrogens with zero attached hydrogens (tertiary/aromatic N) is 3. The highest BCUT2D eigenvalue weighted by Crippen LogP contribution is 2.07. The number of aryl methyl sites for hydroxylation is 1. The van der Waals surface area contributed by atoms with Crippen LogP contribution in [0.15, 0.2) is 6.07 Å². The SMILES string of the molecule is CCN(CC(N)=O)Cc1nc(C)cc(NC)n1. The van der Waals surface area contributed by atoms with E-state index in [2.05, 4.69) is 15.3 Å². The van der Waals surface area contributed by atoms with Crippen molar-refractivity contribution in [3.8, 4) is 0 Å². The summed E-state index contributed by atoms with van der Waals surface area (Å²) in [5, 5.41) is 2.98. The molecule has 1 amide bonds. The van der Waals surface area contributed by atoms with E-state index in [9.17, 15) is 4.79 Å². The molecule has 3 N–H and O–H groups in total. The standard InChI is InChI=1S/C11H19N5O/c1-4-16(6-9(12)17)7-11-14-8(2)5-10(13-3)15-11/h5H,4,6-7H2,1-3H3,(H2,12,17)(H,13,14,15). The highest BCUT2D eigenvalue weighted by atomic mass is 16.1. The molecule has 1 heterocycles. The molecule has 94 valence electrons. The molecule has 6 nitrogen and oxygen atoms in total. The van der Waals surface area contributed by atoms with E-state index in [1.807, 2.05) is 31.9 Å². The monoisotopic (exact) mass is 237 g/mol. The predicted octanol–water partition coefficient (Wildman–Crippen LogP) is 0.134. The number of rotatable bonds is 6. The average Bonchev–Trinajstić information content (AvgIpc) is 2.26. The van der Waals surface area contributed by atoms with Gasteiger partial charge in [-0.15, -0.1) is 0 Å². The highest BCUT2D eigenvalue weighted by molar-refractivity contribution is 5.75. The summed E-state index contributed by atoms with van der Waals surface area (Å²) in [6, 6.07) is 1.87. The predicted molar refractivity (Wildman–Crippen MR) is 66.5 cm³/mol. The van der Waals surface area contributed by atoms with E-state index < -0.39 is 0 Å². The van der Waals surface area contributed by atoms with Crippen molar-refractivity contribution in [1.82, 2.24) is 14.9 Å². The van der Waals surface area contributed by atoms with Crippen molar-refractivity contribution < 1.29 is 4.79 Å². The van der Waals surface area contributed by atoms with Gasteiger partial charge in [-0.2, -0.15) is 0 Å². The average molecular weight is 237 g/mol. The Kier molecular flexibility index (Phi) is 4.84. The van der Waals surface area contributed by atoms with E-state index in [0.29, 0.717) is 12.4 Å². The van der Waals surface area contributed by atoms with Gasteiger partial charge in [0, 0.05) is 18.8 Å². The number of likely N-dealkylation sites (N-methyl/N-ethyl adjacent to an activating group) is 1. The summed E-state index contributed by atoms with van der Waals surface area (Å²) >= 11 is 0. The molecule has 0 aliphatic rings. The van der Waals surface area contributed by atoms with Gasteiger partial charge in [0.05, 0.1) is 13.1 Å². The molecule has 6 heteroatoms. The van der Waals surface area contributed by atoms with Crippen LogP contribution in [0.3, 0.4) is 0 Å². The zero-order valence-corrected chi connectivity index (χ0v) is 10.5. The fourth-order valence-corrected chi connectivity index (χ4v) is 1.53. The zero-order valence-electron chi connectivity index (χ0n) is 10.5. The molecule has 0 unspecified atom stereocenters. The van der Waals surface area contributed by atoms with Crippen LogP contribution in [0.2, 0.25) is 0 Å². The van der Waals surface area contributed by atoms with Crippen LogP contribution >= 0.6 is 0 Å². The van der Waals surface area contributed by atoms with Crippen LogP contribution in [0.4, 0.5) is 5.82 Å². The molecule has 0 saturated heterocycles. The molecule has 0 aliphatic heterocycles. The van der Waals surface area contributed by atoms with Crippen LogP contribution in [0, 0.1) is 6.92 Å². The van der Waals surface area contributed by atoms with Crippen molar-refractivity contribution >= 4 is 11.7 Å². The minimum Gasteiger partial charge on any atom is -0.373 e. The molecule has 1 rings (SSSR count). The minimum absolute atomic E-state index is 0.225. The number of carbonyl (C=O) groups excluding carboxylic acids is 1. The number of anilines is 1. The molecule has 0 aromatic carbocycles. The van der Waals surface area contributed by atoms with Crippen molar-refractivity contribution in [2.45, 2.75) is 20.4 Å². The molecular formula is C11H19N5O. The largest absolute Gasteiger partial charge is 0.373 e. The Balaban J connectivity index is 2.78. The third-order valence-corrected chi connectivity index (χ3v) is 2.35. The Labute approximate surface area is 101 Å². The van der Waals surface area contributed by atoms with E-state index in [4.69, 9.17) is 5.73 Å². The zero-order chi connectivity index (χ0) is 12.8. The maximum absolute atomic E-state index is 10.9. The van der Waals surface area contributed by atoms with Gasteiger partial charge >= 0.3 is 0 Å². The lowest BCUT2D eigenvalue weighted by molar-refractivity contribution is -0.119. The number of aromatic nitrogens is 2. The molecule has 1 aromatic heterocycles. The number of primary amides is 1. The van der Waals surface area contributed by atoms with Crippen molar-refractivity contribution in [2.75, 3.05) is 25.5 Å². The quantitative estimate of drug-likeness (QED) is 0.735. The summed E-state index contributed by atoms with van der Waals surface area (Å²) in [5.41, 5.74) is 6.07. The van der Waals surface area contributed by atoms with Crippen molar-refractivity contribution in [2.24, 2.45) is 5.73 Å². The Morgan fingerprint density at radius 3 is 2.76 bits per heavy atom. The topological polar surface area (TPSA) is 84.1 Å². The van der Waals surface area contributed by atoms with E-state index in [0.717, 1.165) is 18.1 Å². The van der Waals surface area contributed by atoms with Crippen LogP contribution in [0.5, 0.6) is 0 Å². The first-order chi connectivity index (χ1) is 8.05. The highest BCUT2D eigenvalue weighted by Gasteiger charge is 2.09. The van der Waals surface area contributed by atoms with Crippen LogP contribution in [-0.2, 0) is 11.3 Å². The number of hydrogen-bond donors (Lipinski definition) is 2. The molecule has 0 atom stereocenters. The van der Waals surface area contributed by atoms with Gasteiger partial charge in [-0.25, -0.2) is 9.97 Å². The van der Waals surface area contributed by atoms with E-state index >= 15 is 0 Å². The molecular weight excluding hydrogens is 218 g/mol. The lowest BCUT2D eigenvalue weighted by Gasteiger charge is -2.17. The second-order valence-corrected chi connectivity index (χ2v) is 3.83. The maximum atomic E-state index is 10.9. The Hall–Kier alpha value is -1.69. The molecule has 0 bridgehead atoms. The van der Waals surface area contributed by atoms with Gasteiger partial charge in [0.2, 0.25) is 5.91 Å². The molecule has 0 radical (unpaired) electrons. The van der Waals surface area contributed by atoms with E-state index in [1.54, 1.807) is 0 Å². The Bertz CT molecular complexity index is 393. The van der Waals surface area contributed by atoms with Gasteiger partial charge in [-0.05, 0) is 13.5 Å². The van der Waals surface area contributed by atoms with Gasteiger partial charge in [-0.3, -0.25) is 9.69 Å². The lowest BCUT2D eigenvalue weighted by Crippen LogP contribution is -2.33. The number of amides is 1. The van der Waals surface area contributed by atoms with Crippen molar-refractivity contribution in [1.29, 1.82) is 0 Å². The molecule has 0 fully saturated rings. The van der Waals surface area contributed by atoms with Crippen molar-refractivity contribution in [3.63, 3.8) is 0 Å². The van der Waals surface area contributed by atoms with Gasteiger partial charge in [-0.1, -0.05) is 6.92 Å². The van der Waals surface area contributed by atoms with Gasteiger partial charge in [0.15, 0.2) is 0 Å². The van der Waals surface area contributed by atoms with Crippen LogP contribution in [0.1, 0.15) is 18.4 Å². The molecule has 0 spiro atoms. The smallest absolute Gasteiger partial charge is 0.231 e. The summed E-state index contributed by atoms with van der Waals surface area (Å²) in [4.78, 5) is 21.4. The fourth-order valence-electron chi connectivity index (χ4n) is 1.53. The first kappa shape index (κ1) is 13.4. The maximum Gasteiger partial charge on any atom is 0.231 e. The summed E-state index contributed by atoms with van der Waals surface area (Å²) in [7, 11) is 1.81. The van der Waals surface area contributed by atoms with Crippen LogP contribution in [-0.4, -0.2) is 40.9 Å². The first-order valence-electron chi connectivity index (χ1n) is 5.58. The molecule has 0 aliphatic carbocycles. The summed E-state index contributed by atoms with van der Waals surface area (Å²) in [6.45, 7) is 5.36. The molecule has 0 saturated carbocycles. The third-order valence-electron chi connectivity index (χ3n) is 2.35. The van der Waals surface area contributed by atoms with Crippen LogP contribution in [0.25, 0.3) is 0 Å². The Morgan fingerprint density at radius 1 is 1.53 bits per heavy atom. The number of hydrogen-bond acceptors (Lipinski definition) is 5. The third kappa shape index (κ3) is 4.36. The van der Waals surface area contributed by atoms with Crippen molar-refractivity contribution in [3.05, 3.63) is 17.6 Å². The number of nitrogens with one attached hydrogen (secondary N) is 1. The van der Waals surface area contributed by atoms with Gasteiger partial charge in [0.25, 0.3) is 0 Å². The first-order valence-corrected chi connectivity index (χ1v) is 5.58. The number of nitrogens with two attached hydrogens (primary N) is 1. The summed E-state index contributed by atoms with van der Waals surface area (Å²) in [6.07, 6.45) is 0. The van der Waals surface area contributed by atoms with Gasteiger partial charge < -0.3 is 11.1 Å². The van der Waals surface area contributed by atoms with Gasteiger partial charge in [0.1, 0.15) is 11.6 Å². The Morgan fingerprint density at radius 2 is 2.24 bits per heavy atom. The second kappa shape index (κ2) is 6.15. The van der Waals surface area contributed by atoms with E-state index in [-0.39, 0.29) is 12.5 Å². The van der Waals surface area contributed by atoms with E-state index in [1.165, 1.54) is 0 Å². The summed E-state index contributed by atoms with van der Waals surface area (Å²) < 4.78 is 0. The lowest BCUT2D eigenvalue weighted by atomic mass is 10.3. The van der Waals surface area contributed by atoms with Crippen LogP contribution < -0.4 is 11.1 Å². The molecule has 1 aromatic rings. The number of carbonyl (C=O) groups is 1. The normalized spacial score (nSPS) is 10.6.